The Morgan fingerprint density at radius 2 is 2.25 bits per heavy atom. The van der Waals surface area contributed by atoms with E-state index in [9.17, 15) is 9.59 Å². The summed E-state index contributed by atoms with van der Waals surface area (Å²) in [5.41, 5.74) is 5.23. The number of nitrogens with two attached hydrogens (primary N) is 1. The van der Waals surface area contributed by atoms with E-state index in [-0.39, 0.29) is 24.5 Å². The average Bonchev–Trinajstić information content (AvgIpc) is 2.72. The second-order valence-electron chi connectivity index (χ2n) is 4.27. The maximum absolute atomic E-state index is 11.5. The van der Waals surface area contributed by atoms with Crippen LogP contribution >= 0.6 is 0 Å². The number of hydrogen-bond acceptors (Lipinski definition) is 3. The number of hydrogen-bond donors (Lipinski definition) is 1. The molecule has 0 spiro atoms. The maximum atomic E-state index is 11.5. The number of likely N-dealkylation sites (tertiary alicyclic amines) is 1. The SMILES string of the molecule is CC[C@@H](C)C(=O)OC[C@@H]1CCCN1C(N)=O. The Bertz CT molecular complexity index is 268. The number of urea groups is 1. The van der Waals surface area contributed by atoms with E-state index in [1.54, 1.807) is 4.90 Å². The third kappa shape index (κ3) is 3.12. The lowest BCUT2D eigenvalue weighted by atomic mass is 10.1. The summed E-state index contributed by atoms with van der Waals surface area (Å²) in [6.07, 6.45) is 2.55. The fourth-order valence-electron chi connectivity index (χ4n) is 1.79. The molecule has 92 valence electrons. The van der Waals surface area contributed by atoms with Crippen molar-refractivity contribution in [2.45, 2.75) is 39.2 Å². The molecule has 0 radical (unpaired) electrons. The van der Waals surface area contributed by atoms with Crippen molar-refractivity contribution in [3.63, 3.8) is 0 Å². The van der Waals surface area contributed by atoms with E-state index in [1.165, 1.54) is 0 Å². The standard InChI is InChI=1S/C11H20N2O3/c1-3-8(2)10(14)16-7-9-5-4-6-13(9)11(12)15/h8-9H,3-7H2,1-2H3,(H2,12,15)/t8-,9+/m1/s1. The number of rotatable bonds is 4. The zero-order valence-electron chi connectivity index (χ0n) is 9.94. The summed E-state index contributed by atoms with van der Waals surface area (Å²) in [7, 11) is 0. The van der Waals surface area contributed by atoms with Gasteiger partial charge in [-0.15, -0.1) is 0 Å². The van der Waals surface area contributed by atoms with Crippen LogP contribution in [0.2, 0.25) is 0 Å². The predicted octanol–water partition coefficient (Wildman–Crippen LogP) is 1.12. The summed E-state index contributed by atoms with van der Waals surface area (Å²) in [6.45, 7) is 4.72. The first-order chi connectivity index (χ1) is 7.56. The van der Waals surface area contributed by atoms with E-state index in [1.807, 2.05) is 13.8 Å². The first kappa shape index (κ1) is 12.8. The number of nitrogens with zero attached hydrogens (tertiary/aromatic N) is 1. The van der Waals surface area contributed by atoms with Gasteiger partial charge in [0.05, 0.1) is 12.0 Å². The maximum Gasteiger partial charge on any atom is 0.315 e. The molecule has 0 saturated carbocycles. The lowest BCUT2D eigenvalue weighted by Crippen LogP contribution is -2.42. The molecule has 1 heterocycles. The third-order valence-corrected chi connectivity index (χ3v) is 3.09. The molecule has 5 heteroatoms. The minimum Gasteiger partial charge on any atom is -0.463 e. The molecule has 0 aromatic heterocycles. The molecule has 1 aliphatic heterocycles. The first-order valence-electron chi connectivity index (χ1n) is 5.79. The quantitative estimate of drug-likeness (QED) is 0.733. The van der Waals surface area contributed by atoms with Gasteiger partial charge >= 0.3 is 12.0 Å². The normalized spacial score (nSPS) is 21.9. The van der Waals surface area contributed by atoms with Gasteiger partial charge < -0.3 is 15.4 Å². The second kappa shape index (κ2) is 5.72. The Labute approximate surface area is 95.9 Å². The van der Waals surface area contributed by atoms with Crippen molar-refractivity contribution in [2.75, 3.05) is 13.2 Å². The number of carbonyl (C=O) groups is 2. The predicted molar refractivity (Wildman–Crippen MR) is 59.7 cm³/mol. The molecule has 0 aliphatic carbocycles. The highest BCUT2D eigenvalue weighted by Crippen LogP contribution is 2.17. The monoisotopic (exact) mass is 228 g/mol. The molecular formula is C11H20N2O3. The highest BCUT2D eigenvalue weighted by atomic mass is 16.5. The van der Waals surface area contributed by atoms with E-state index < -0.39 is 6.03 Å². The van der Waals surface area contributed by atoms with Crippen LogP contribution in [0, 0.1) is 5.92 Å². The van der Waals surface area contributed by atoms with Crippen molar-refractivity contribution in [3.8, 4) is 0 Å². The van der Waals surface area contributed by atoms with E-state index in [0.717, 1.165) is 19.3 Å². The minimum absolute atomic E-state index is 0.0366. The molecule has 2 N–H and O–H groups in total. The van der Waals surface area contributed by atoms with Crippen LogP contribution in [0.15, 0.2) is 0 Å². The van der Waals surface area contributed by atoms with Crippen LogP contribution in [0.3, 0.4) is 0 Å². The summed E-state index contributed by atoms with van der Waals surface area (Å²) in [4.78, 5) is 24.1. The topological polar surface area (TPSA) is 72.6 Å². The molecule has 2 atom stereocenters. The van der Waals surface area contributed by atoms with Crippen LogP contribution < -0.4 is 5.73 Å². The van der Waals surface area contributed by atoms with E-state index in [4.69, 9.17) is 10.5 Å². The van der Waals surface area contributed by atoms with Crippen molar-refractivity contribution in [2.24, 2.45) is 11.7 Å². The lowest BCUT2D eigenvalue weighted by molar-refractivity contribution is -0.149. The molecule has 1 rings (SSSR count). The lowest BCUT2D eigenvalue weighted by Gasteiger charge is -2.22. The Balaban J connectivity index is 2.37. The molecule has 2 amide bonds. The molecule has 1 aliphatic rings. The van der Waals surface area contributed by atoms with Crippen LogP contribution in [0.1, 0.15) is 33.1 Å². The number of ether oxygens (including phenoxy) is 1. The summed E-state index contributed by atoms with van der Waals surface area (Å²) in [5, 5.41) is 0. The molecule has 0 bridgehead atoms. The first-order valence-corrected chi connectivity index (χ1v) is 5.79. The largest absolute Gasteiger partial charge is 0.463 e. The number of esters is 1. The van der Waals surface area contributed by atoms with Crippen molar-refractivity contribution in [3.05, 3.63) is 0 Å². The minimum atomic E-state index is -0.429. The van der Waals surface area contributed by atoms with E-state index in [2.05, 4.69) is 0 Å². The van der Waals surface area contributed by atoms with Crippen LogP contribution in [-0.2, 0) is 9.53 Å². The third-order valence-electron chi connectivity index (χ3n) is 3.09. The molecule has 1 saturated heterocycles. The number of primary amides is 1. The molecule has 0 aromatic carbocycles. The average molecular weight is 228 g/mol. The summed E-state index contributed by atoms with van der Waals surface area (Å²) < 4.78 is 5.17. The van der Waals surface area contributed by atoms with Crippen molar-refractivity contribution in [1.82, 2.24) is 4.90 Å². The van der Waals surface area contributed by atoms with Gasteiger partial charge in [0.15, 0.2) is 0 Å². The Morgan fingerprint density at radius 3 is 2.81 bits per heavy atom. The van der Waals surface area contributed by atoms with Gasteiger partial charge in [-0.2, -0.15) is 0 Å². The Hall–Kier alpha value is -1.26. The van der Waals surface area contributed by atoms with Crippen LogP contribution in [0.4, 0.5) is 4.79 Å². The second-order valence-corrected chi connectivity index (χ2v) is 4.27. The molecule has 1 fully saturated rings. The molecular weight excluding hydrogens is 208 g/mol. The van der Waals surface area contributed by atoms with Gasteiger partial charge in [-0.1, -0.05) is 13.8 Å². The molecule has 0 unspecified atom stereocenters. The van der Waals surface area contributed by atoms with Crippen molar-refractivity contribution < 1.29 is 14.3 Å². The zero-order chi connectivity index (χ0) is 12.1. The zero-order valence-corrected chi connectivity index (χ0v) is 9.94. The molecule has 5 nitrogen and oxygen atoms in total. The molecule has 0 aromatic rings. The molecule has 16 heavy (non-hydrogen) atoms. The fourth-order valence-corrected chi connectivity index (χ4v) is 1.79. The number of amides is 2. The van der Waals surface area contributed by atoms with Gasteiger partial charge in [-0.3, -0.25) is 4.79 Å². The smallest absolute Gasteiger partial charge is 0.315 e. The van der Waals surface area contributed by atoms with E-state index in [0.29, 0.717) is 6.54 Å². The van der Waals surface area contributed by atoms with Gasteiger partial charge in [0.25, 0.3) is 0 Å². The van der Waals surface area contributed by atoms with Gasteiger partial charge in [0, 0.05) is 6.54 Å². The number of carbonyl (C=O) groups excluding carboxylic acids is 2. The summed E-state index contributed by atoms with van der Waals surface area (Å²) >= 11 is 0. The highest BCUT2D eigenvalue weighted by molar-refractivity contribution is 5.73. The van der Waals surface area contributed by atoms with E-state index >= 15 is 0 Å². The Morgan fingerprint density at radius 1 is 1.56 bits per heavy atom. The van der Waals surface area contributed by atoms with Gasteiger partial charge in [0.2, 0.25) is 0 Å². The van der Waals surface area contributed by atoms with Crippen molar-refractivity contribution >= 4 is 12.0 Å². The van der Waals surface area contributed by atoms with Crippen LogP contribution in [0.25, 0.3) is 0 Å². The van der Waals surface area contributed by atoms with Gasteiger partial charge in [-0.05, 0) is 19.3 Å². The van der Waals surface area contributed by atoms with Crippen LogP contribution in [-0.4, -0.2) is 36.1 Å². The summed E-state index contributed by atoms with van der Waals surface area (Å²) in [6, 6.07) is -0.465. The fraction of sp³-hybridized carbons (Fsp3) is 0.818. The van der Waals surface area contributed by atoms with Crippen molar-refractivity contribution in [1.29, 1.82) is 0 Å². The summed E-state index contributed by atoms with van der Waals surface area (Å²) in [5.74, 6) is -0.276. The Kier molecular flexibility index (Phi) is 4.58. The van der Waals surface area contributed by atoms with Gasteiger partial charge in [0.1, 0.15) is 6.61 Å². The highest BCUT2D eigenvalue weighted by Gasteiger charge is 2.28. The van der Waals surface area contributed by atoms with Gasteiger partial charge in [-0.25, -0.2) is 4.79 Å². The van der Waals surface area contributed by atoms with Crippen LogP contribution in [0.5, 0.6) is 0 Å².